The van der Waals surface area contributed by atoms with Crippen LogP contribution in [-0.4, -0.2) is 72.9 Å². The minimum atomic E-state index is -0.597. The summed E-state index contributed by atoms with van der Waals surface area (Å²) in [4.78, 5) is 16.0. The zero-order valence-electron chi connectivity index (χ0n) is 15.5. The molecule has 1 aliphatic heterocycles. The molecule has 1 aliphatic rings. The molecule has 0 saturated carbocycles. The molecule has 1 fully saturated rings. The van der Waals surface area contributed by atoms with E-state index in [2.05, 4.69) is 0 Å². The molecule has 0 aliphatic carbocycles. The third-order valence-electron chi connectivity index (χ3n) is 4.47. The van der Waals surface area contributed by atoms with Crippen molar-refractivity contribution in [3.05, 3.63) is 20.9 Å². The number of piperazine rings is 1. The van der Waals surface area contributed by atoms with Crippen molar-refractivity contribution >= 4 is 29.2 Å². The van der Waals surface area contributed by atoms with E-state index in [-0.39, 0.29) is 35.9 Å². The molecule has 0 bridgehead atoms. The lowest BCUT2D eigenvalue weighted by Gasteiger charge is -2.33. The zero-order chi connectivity index (χ0) is 20.0. The molecule has 27 heavy (non-hydrogen) atoms. The van der Waals surface area contributed by atoms with Gasteiger partial charge in [-0.1, -0.05) is 0 Å². The maximum absolute atomic E-state index is 12.0. The maximum atomic E-state index is 12.0. The van der Waals surface area contributed by atoms with Gasteiger partial charge < -0.3 is 24.7 Å². The van der Waals surface area contributed by atoms with Crippen LogP contribution < -0.4 is 4.90 Å². The van der Waals surface area contributed by atoms with Gasteiger partial charge in [-0.15, -0.1) is 11.3 Å². The number of carbonyl (C=O) groups excluding carboxylic acids is 1. The number of hydrogen-bond donors (Lipinski definition) is 4. The third-order valence-corrected chi connectivity index (χ3v) is 5.51. The second-order valence-corrected chi connectivity index (χ2v) is 7.45. The second kappa shape index (κ2) is 9.50. The van der Waals surface area contributed by atoms with Crippen LogP contribution in [0.25, 0.3) is 6.08 Å². The van der Waals surface area contributed by atoms with E-state index < -0.39 is 5.97 Å². The summed E-state index contributed by atoms with van der Waals surface area (Å²) in [5.41, 5.74) is 0.241. The number of aliphatic hydroxyl groups excluding tert-OH is 1. The highest BCUT2D eigenvalue weighted by atomic mass is 32.1. The first-order valence-electron chi connectivity index (χ1n) is 8.82. The van der Waals surface area contributed by atoms with Gasteiger partial charge in [0.25, 0.3) is 0 Å². The molecule has 9 heteroatoms. The van der Waals surface area contributed by atoms with Gasteiger partial charge in [0.2, 0.25) is 0 Å². The molecule has 0 atom stereocenters. The molecule has 0 aromatic carbocycles. The smallest absolute Gasteiger partial charge is 0.343 e. The molecule has 0 radical (unpaired) electrons. The number of aromatic hydroxyl groups is 1. The Morgan fingerprint density at radius 2 is 2.15 bits per heavy atom. The summed E-state index contributed by atoms with van der Waals surface area (Å²) >= 11 is 1.18. The zero-order valence-corrected chi connectivity index (χ0v) is 16.4. The van der Waals surface area contributed by atoms with Crippen LogP contribution in [0.4, 0.5) is 0 Å². The van der Waals surface area contributed by atoms with Gasteiger partial charge in [0.15, 0.2) is 0 Å². The van der Waals surface area contributed by atoms with E-state index >= 15 is 0 Å². The first kappa shape index (κ1) is 20.9. The highest BCUT2D eigenvalue weighted by Crippen LogP contribution is 2.36. The number of quaternary nitrogens is 1. The number of rotatable bonds is 6. The lowest BCUT2D eigenvalue weighted by atomic mass is 10.1. The molecular weight excluding hydrogens is 368 g/mol. The van der Waals surface area contributed by atoms with Crippen LogP contribution in [0, 0.1) is 23.7 Å². The molecular formula is C18H25N4O4S+. The Hall–Kier alpha value is -2.41. The van der Waals surface area contributed by atoms with Crippen LogP contribution in [-0.2, 0) is 4.74 Å². The normalized spacial score (nSPS) is 15.5. The molecule has 2 heterocycles. The number of ether oxygens (including phenoxy) is 1. The summed E-state index contributed by atoms with van der Waals surface area (Å²) in [5.74, 6) is -0.711. The fourth-order valence-corrected chi connectivity index (χ4v) is 3.99. The summed E-state index contributed by atoms with van der Waals surface area (Å²) < 4.78 is 4.96. The van der Waals surface area contributed by atoms with Gasteiger partial charge >= 0.3 is 5.97 Å². The first-order valence-corrected chi connectivity index (χ1v) is 9.64. The topological polar surface area (TPSA) is 122 Å². The van der Waals surface area contributed by atoms with Crippen LogP contribution in [0.5, 0.6) is 5.75 Å². The Balaban J connectivity index is 2.19. The number of amidine groups is 1. The average molecular weight is 393 g/mol. The predicted octanol–water partition coefficient (Wildman–Crippen LogP) is 0.0159. The molecule has 0 unspecified atom stereocenters. The van der Waals surface area contributed by atoms with Gasteiger partial charge in [0.05, 0.1) is 49.8 Å². The van der Waals surface area contributed by atoms with E-state index in [1.54, 1.807) is 13.8 Å². The first-order chi connectivity index (χ1) is 12.9. The van der Waals surface area contributed by atoms with Crippen LogP contribution in [0.1, 0.15) is 27.0 Å². The van der Waals surface area contributed by atoms with E-state index in [4.69, 9.17) is 15.3 Å². The Labute approximate surface area is 162 Å². The highest BCUT2D eigenvalue weighted by molar-refractivity contribution is 7.13. The Kier molecular flexibility index (Phi) is 7.36. The Bertz CT molecular complexity index is 773. The van der Waals surface area contributed by atoms with Crippen LogP contribution in [0.2, 0.25) is 0 Å². The van der Waals surface area contributed by atoms with E-state index in [0.717, 1.165) is 13.1 Å². The monoisotopic (exact) mass is 393 g/mol. The SMILES string of the molecule is CCOC(=O)c1c(C)sc(/C=C(\C#N)C(=N)N2CC[NH+](CCO)CC2)c1O. The van der Waals surface area contributed by atoms with Crippen molar-refractivity contribution in [1.29, 1.82) is 10.7 Å². The average Bonchev–Trinajstić information content (AvgIpc) is 2.93. The minimum absolute atomic E-state index is 0.101. The van der Waals surface area contributed by atoms with Crippen molar-refractivity contribution in [1.82, 2.24) is 4.90 Å². The van der Waals surface area contributed by atoms with Crippen LogP contribution >= 0.6 is 11.3 Å². The number of nitrogens with one attached hydrogen (secondary N) is 2. The molecule has 0 spiro atoms. The third kappa shape index (κ3) is 4.86. The summed E-state index contributed by atoms with van der Waals surface area (Å²) in [7, 11) is 0. The Morgan fingerprint density at radius 1 is 1.48 bits per heavy atom. The number of aryl methyl sites for hydroxylation is 1. The van der Waals surface area contributed by atoms with E-state index in [0.29, 0.717) is 29.4 Å². The van der Waals surface area contributed by atoms with Crippen LogP contribution in [0.15, 0.2) is 5.57 Å². The van der Waals surface area contributed by atoms with Gasteiger partial charge in [-0.2, -0.15) is 5.26 Å². The molecule has 1 saturated heterocycles. The number of esters is 1. The summed E-state index contributed by atoms with van der Waals surface area (Å²) in [6.45, 7) is 7.24. The summed E-state index contributed by atoms with van der Waals surface area (Å²) in [6, 6.07) is 2.02. The van der Waals surface area contributed by atoms with E-state index in [1.807, 2.05) is 11.0 Å². The lowest BCUT2D eigenvalue weighted by molar-refractivity contribution is -0.904. The van der Waals surface area contributed by atoms with Crippen LogP contribution in [0.3, 0.4) is 0 Å². The predicted molar refractivity (Wildman–Crippen MR) is 102 cm³/mol. The molecule has 1 aromatic rings. The fourth-order valence-electron chi connectivity index (χ4n) is 3.01. The number of aliphatic hydroxyl groups is 1. The fraction of sp³-hybridized carbons (Fsp3) is 0.500. The standard InChI is InChI=1S/C18H24N4O4S/c1-3-26-18(25)15-12(2)27-14(16(15)24)10-13(11-19)17(20)22-6-4-21(5-7-22)8-9-23/h10,20,23-24H,3-9H2,1-2H3/p+1/b13-10+,20-17?. The van der Waals surface area contributed by atoms with Gasteiger partial charge in [-0.3, -0.25) is 5.41 Å². The number of nitriles is 1. The maximum Gasteiger partial charge on any atom is 0.343 e. The quantitative estimate of drug-likeness (QED) is 0.234. The van der Waals surface area contributed by atoms with Gasteiger partial charge in [0.1, 0.15) is 29.8 Å². The van der Waals surface area contributed by atoms with Gasteiger partial charge in [-0.25, -0.2) is 4.79 Å². The van der Waals surface area contributed by atoms with Crippen molar-refractivity contribution < 1.29 is 24.6 Å². The number of nitrogens with zero attached hydrogens (tertiary/aromatic N) is 2. The minimum Gasteiger partial charge on any atom is -0.506 e. The van der Waals surface area contributed by atoms with E-state index in [1.165, 1.54) is 22.3 Å². The van der Waals surface area contributed by atoms with Crippen molar-refractivity contribution in [2.45, 2.75) is 13.8 Å². The van der Waals surface area contributed by atoms with Gasteiger partial charge in [-0.05, 0) is 19.9 Å². The van der Waals surface area contributed by atoms with Gasteiger partial charge in [0, 0.05) is 4.88 Å². The molecule has 1 aromatic heterocycles. The second-order valence-electron chi connectivity index (χ2n) is 6.20. The number of carbonyl (C=O) groups is 1. The molecule has 0 amide bonds. The summed E-state index contributed by atoms with van der Waals surface area (Å²) in [5, 5.41) is 37.2. The Morgan fingerprint density at radius 3 is 2.70 bits per heavy atom. The highest BCUT2D eigenvalue weighted by Gasteiger charge is 2.25. The molecule has 146 valence electrons. The molecule has 8 nitrogen and oxygen atoms in total. The van der Waals surface area contributed by atoms with Crippen molar-refractivity contribution in [2.75, 3.05) is 45.9 Å². The molecule has 4 N–H and O–H groups in total. The summed E-state index contributed by atoms with van der Waals surface area (Å²) in [6.07, 6.45) is 1.45. The number of hydrogen-bond acceptors (Lipinski definition) is 7. The lowest BCUT2D eigenvalue weighted by Crippen LogP contribution is -3.15. The van der Waals surface area contributed by atoms with Crippen molar-refractivity contribution in [3.63, 3.8) is 0 Å². The van der Waals surface area contributed by atoms with E-state index in [9.17, 15) is 15.2 Å². The van der Waals surface area contributed by atoms with Crippen molar-refractivity contribution in [3.8, 4) is 11.8 Å². The number of thiophene rings is 1. The van der Waals surface area contributed by atoms with Crippen molar-refractivity contribution in [2.24, 2.45) is 0 Å². The molecule has 2 rings (SSSR count). The largest absolute Gasteiger partial charge is 0.506 e.